The molecule has 21 heavy (non-hydrogen) atoms. The Balaban J connectivity index is 4.36. The van der Waals surface area contributed by atoms with Crippen LogP contribution in [0.15, 0.2) is 0 Å². The zero-order valence-corrected chi connectivity index (χ0v) is 13.0. The molecule has 0 rings (SSSR count). The van der Waals surface area contributed by atoms with Crippen LogP contribution >= 0.6 is 12.6 Å². The van der Waals surface area contributed by atoms with Crippen molar-refractivity contribution < 1.29 is 38.4 Å². The van der Waals surface area contributed by atoms with E-state index in [1.165, 1.54) is 20.8 Å². The minimum Gasteiger partial charge on any atom is -0.463 e. The van der Waals surface area contributed by atoms with Crippen molar-refractivity contribution >= 4 is 30.5 Å². The SMILES string of the molecule is CC(=O)OCC(COC(C)=O)O[C@@H](S)[C@@H](O)COC(C)=O. The van der Waals surface area contributed by atoms with Gasteiger partial charge < -0.3 is 24.1 Å². The maximum absolute atomic E-state index is 10.8. The molecule has 0 radical (unpaired) electrons. The number of carbonyl (C=O) groups is 3. The van der Waals surface area contributed by atoms with Crippen LogP contribution in [-0.4, -0.2) is 60.5 Å². The summed E-state index contributed by atoms with van der Waals surface area (Å²) in [6.45, 7) is 3.01. The van der Waals surface area contributed by atoms with E-state index in [1.807, 2.05) is 0 Å². The Morgan fingerprint density at radius 3 is 1.67 bits per heavy atom. The number of esters is 3. The van der Waals surface area contributed by atoms with E-state index in [4.69, 9.17) is 14.2 Å². The second-order valence-electron chi connectivity index (χ2n) is 4.12. The van der Waals surface area contributed by atoms with Gasteiger partial charge in [0.1, 0.15) is 37.5 Å². The molecule has 122 valence electrons. The highest BCUT2D eigenvalue weighted by molar-refractivity contribution is 7.80. The van der Waals surface area contributed by atoms with Gasteiger partial charge in [-0.25, -0.2) is 0 Å². The summed E-state index contributed by atoms with van der Waals surface area (Å²) >= 11 is 4.01. The minimum atomic E-state index is -1.19. The summed E-state index contributed by atoms with van der Waals surface area (Å²) in [7, 11) is 0. The van der Waals surface area contributed by atoms with Crippen LogP contribution in [0.2, 0.25) is 0 Å². The predicted molar refractivity (Wildman–Crippen MR) is 73.6 cm³/mol. The fourth-order valence-electron chi connectivity index (χ4n) is 1.12. The van der Waals surface area contributed by atoms with Crippen molar-refractivity contribution in [2.75, 3.05) is 19.8 Å². The quantitative estimate of drug-likeness (QED) is 0.257. The molecule has 9 heteroatoms. The van der Waals surface area contributed by atoms with E-state index in [2.05, 4.69) is 17.4 Å². The third-order valence-electron chi connectivity index (χ3n) is 2.06. The lowest BCUT2D eigenvalue weighted by Gasteiger charge is -2.24. The van der Waals surface area contributed by atoms with Gasteiger partial charge in [0.05, 0.1) is 0 Å². The molecule has 1 N–H and O–H groups in total. The average molecular weight is 324 g/mol. The number of ether oxygens (including phenoxy) is 4. The van der Waals surface area contributed by atoms with Gasteiger partial charge in [0.2, 0.25) is 0 Å². The largest absolute Gasteiger partial charge is 0.463 e. The van der Waals surface area contributed by atoms with Crippen LogP contribution in [-0.2, 0) is 33.3 Å². The second kappa shape index (κ2) is 10.4. The third-order valence-corrected chi connectivity index (χ3v) is 2.53. The first-order chi connectivity index (χ1) is 9.72. The molecule has 0 aliphatic heterocycles. The molecule has 0 aromatic rings. The third kappa shape index (κ3) is 11.1. The summed E-state index contributed by atoms with van der Waals surface area (Å²) in [5, 5.41) is 9.68. The van der Waals surface area contributed by atoms with Gasteiger partial charge in [-0.2, -0.15) is 0 Å². The van der Waals surface area contributed by atoms with E-state index >= 15 is 0 Å². The van der Waals surface area contributed by atoms with Crippen LogP contribution < -0.4 is 0 Å². The molecule has 0 aromatic heterocycles. The number of thiol groups is 1. The van der Waals surface area contributed by atoms with E-state index in [1.54, 1.807) is 0 Å². The molecule has 0 fully saturated rings. The average Bonchev–Trinajstić information content (AvgIpc) is 2.38. The van der Waals surface area contributed by atoms with Crippen molar-refractivity contribution in [3.63, 3.8) is 0 Å². The van der Waals surface area contributed by atoms with Crippen molar-refractivity contribution in [3.05, 3.63) is 0 Å². The van der Waals surface area contributed by atoms with E-state index in [9.17, 15) is 19.5 Å². The van der Waals surface area contributed by atoms with Crippen LogP contribution in [0.5, 0.6) is 0 Å². The van der Waals surface area contributed by atoms with Crippen LogP contribution in [0.4, 0.5) is 0 Å². The van der Waals surface area contributed by atoms with Crippen LogP contribution in [0.25, 0.3) is 0 Å². The Hall–Kier alpha value is -1.32. The predicted octanol–water partition coefficient (Wildman–Crippen LogP) is -0.322. The number of hydrogen-bond acceptors (Lipinski definition) is 9. The second-order valence-corrected chi connectivity index (χ2v) is 4.63. The summed E-state index contributed by atoms with van der Waals surface area (Å²) in [5.41, 5.74) is -1.01. The number of hydrogen-bond donors (Lipinski definition) is 2. The molecule has 8 nitrogen and oxygen atoms in total. The molecule has 0 amide bonds. The Morgan fingerprint density at radius 2 is 1.29 bits per heavy atom. The minimum absolute atomic E-state index is 0.167. The molecule has 0 saturated heterocycles. The van der Waals surface area contributed by atoms with Gasteiger partial charge in [0, 0.05) is 20.8 Å². The lowest BCUT2D eigenvalue weighted by molar-refractivity contribution is -0.159. The molecule has 0 spiro atoms. The van der Waals surface area contributed by atoms with Crippen LogP contribution in [0.3, 0.4) is 0 Å². The normalized spacial score (nSPS) is 13.4. The van der Waals surface area contributed by atoms with Crippen molar-refractivity contribution in [2.24, 2.45) is 0 Å². The number of aliphatic hydroxyl groups is 1. The van der Waals surface area contributed by atoms with Gasteiger partial charge in [-0.3, -0.25) is 14.4 Å². The lowest BCUT2D eigenvalue weighted by atomic mass is 10.3. The van der Waals surface area contributed by atoms with E-state index in [-0.39, 0.29) is 19.8 Å². The standard InChI is InChI=1S/C12H20O8S/c1-7(13)17-4-10(5-18-8(2)14)20-12(21)11(16)6-19-9(3)15/h10-12,16,21H,4-6H2,1-3H3/t11-,12-/m0/s1. The fraction of sp³-hybridized carbons (Fsp3) is 0.750. The number of carbonyl (C=O) groups excluding carboxylic acids is 3. The summed E-state index contributed by atoms with van der Waals surface area (Å²) in [4.78, 5) is 32.2. The van der Waals surface area contributed by atoms with Crippen molar-refractivity contribution in [1.82, 2.24) is 0 Å². The summed E-state index contributed by atoms with van der Waals surface area (Å²) in [6, 6.07) is 0. The van der Waals surface area contributed by atoms with Gasteiger partial charge in [0.15, 0.2) is 0 Å². The topological polar surface area (TPSA) is 108 Å². The maximum Gasteiger partial charge on any atom is 0.302 e. The first-order valence-corrected chi connectivity index (χ1v) is 6.65. The van der Waals surface area contributed by atoms with Gasteiger partial charge in [0.25, 0.3) is 0 Å². The van der Waals surface area contributed by atoms with Crippen molar-refractivity contribution in [3.8, 4) is 0 Å². The molecule has 0 saturated carbocycles. The molecule has 0 bridgehead atoms. The zero-order valence-electron chi connectivity index (χ0n) is 12.1. The van der Waals surface area contributed by atoms with Crippen LogP contribution in [0.1, 0.15) is 20.8 Å². The molecule has 0 unspecified atom stereocenters. The Kier molecular flexibility index (Phi) is 9.76. The van der Waals surface area contributed by atoms with Crippen molar-refractivity contribution in [1.29, 1.82) is 0 Å². The van der Waals surface area contributed by atoms with Gasteiger partial charge in [-0.1, -0.05) is 0 Å². The zero-order chi connectivity index (χ0) is 16.4. The highest BCUT2D eigenvalue weighted by Crippen LogP contribution is 2.10. The van der Waals surface area contributed by atoms with E-state index in [0.717, 1.165) is 0 Å². The van der Waals surface area contributed by atoms with E-state index in [0.29, 0.717) is 0 Å². The molecule has 0 aromatic carbocycles. The van der Waals surface area contributed by atoms with Gasteiger partial charge in [-0.05, 0) is 0 Å². The first kappa shape index (κ1) is 19.7. The molecule has 0 aliphatic rings. The van der Waals surface area contributed by atoms with Gasteiger partial charge in [-0.15, -0.1) is 12.6 Å². The highest BCUT2D eigenvalue weighted by atomic mass is 32.1. The van der Waals surface area contributed by atoms with Gasteiger partial charge >= 0.3 is 17.9 Å². The Morgan fingerprint density at radius 1 is 0.905 bits per heavy atom. The summed E-state index contributed by atoms with van der Waals surface area (Å²) in [6.07, 6.45) is -1.98. The number of aliphatic hydroxyl groups excluding tert-OH is 1. The summed E-state index contributed by atoms with van der Waals surface area (Å²) in [5.74, 6) is -1.60. The molecule has 0 aliphatic carbocycles. The van der Waals surface area contributed by atoms with E-state index < -0.39 is 35.6 Å². The maximum atomic E-state index is 10.8. The highest BCUT2D eigenvalue weighted by Gasteiger charge is 2.23. The lowest BCUT2D eigenvalue weighted by Crippen LogP contribution is -2.37. The summed E-state index contributed by atoms with van der Waals surface area (Å²) < 4.78 is 19.4. The Bertz CT molecular complexity index is 341. The monoisotopic (exact) mass is 324 g/mol. The van der Waals surface area contributed by atoms with Crippen LogP contribution in [0, 0.1) is 0 Å². The smallest absolute Gasteiger partial charge is 0.302 e. The molecule has 0 heterocycles. The fourth-order valence-corrected chi connectivity index (χ4v) is 1.38. The number of rotatable bonds is 9. The molecular weight excluding hydrogens is 304 g/mol. The Labute approximate surface area is 128 Å². The molecular formula is C12H20O8S. The molecule has 2 atom stereocenters. The van der Waals surface area contributed by atoms with Crippen molar-refractivity contribution in [2.45, 2.75) is 38.4 Å². The first-order valence-electron chi connectivity index (χ1n) is 6.14.